The predicted molar refractivity (Wildman–Crippen MR) is 112 cm³/mol. The first-order valence-corrected chi connectivity index (χ1v) is 10.8. The van der Waals surface area contributed by atoms with Crippen molar-refractivity contribution < 1.29 is 19.6 Å². The van der Waals surface area contributed by atoms with Crippen molar-refractivity contribution in [1.82, 2.24) is 4.90 Å². The van der Waals surface area contributed by atoms with Crippen LogP contribution in [0.4, 0.5) is 0 Å². The molecule has 2 N–H and O–H groups in total. The van der Waals surface area contributed by atoms with E-state index in [1.165, 1.54) is 5.56 Å². The second kappa shape index (κ2) is 9.06. The van der Waals surface area contributed by atoms with Crippen LogP contribution in [0.3, 0.4) is 0 Å². The fraction of sp³-hybridized carbons (Fsp3) is 0.435. The predicted octanol–water partition coefficient (Wildman–Crippen LogP) is 3.49. The summed E-state index contributed by atoms with van der Waals surface area (Å²) in [6.45, 7) is 4.71. The average Bonchev–Trinajstić information content (AvgIpc) is 3.11. The minimum Gasteiger partial charge on any atom is -0.490 e. The summed E-state index contributed by atoms with van der Waals surface area (Å²) in [7, 11) is 0. The van der Waals surface area contributed by atoms with Crippen molar-refractivity contribution in [3.8, 4) is 11.5 Å². The molecule has 4 rings (SSSR count). The van der Waals surface area contributed by atoms with E-state index in [-0.39, 0.29) is 18.0 Å². The summed E-state index contributed by atoms with van der Waals surface area (Å²) in [5.41, 5.74) is 2.30. The van der Waals surface area contributed by atoms with Crippen LogP contribution in [-0.2, 0) is 4.79 Å². The Bertz CT molecular complexity index is 856. The summed E-state index contributed by atoms with van der Waals surface area (Å²) >= 11 is 5.97. The van der Waals surface area contributed by atoms with Crippen molar-refractivity contribution in [3.05, 3.63) is 58.6 Å². The number of halogens is 1. The van der Waals surface area contributed by atoms with Gasteiger partial charge in [0, 0.05) is 23.6 Å². The molecule has 1 saturated heterocycles. The molecule has 0 spiro atoms. The number of nitrogens with two attached hydrogens (primary N) is 1. The van der Waals surface area contributed by atoms with Crippen molar-refractivity contribution in [2.75, 3.05) is 26.3 Å². The molecule has 2 aromatic carbocycles. The quantitative estimate of drug-likeness (QED) is 0.813. The molecule has 154 valence electrons. The largest absolute Gasteiger partial charge is 0.490 e. The minimum atomic E-state index is 0.110. The molecule has 2 aromatic rings. The second-order valence-electron chi connectivity index (χ2n) is 7.78. The number of carbonyl (C=O) groups excluding carboxylic acids is 1. The Morgan fingerprint density at radius 2 is 1.90 bits per heavy atom. The normalized spacial score (nSPS) is 19.7. The van der Waals surface area contributed by atoms with E-state index in [9.17, 15) is 4.79 Å². The molecule has 29 heavy (non-hydrogen) atoms. The Morgan fingerprint density at radius 3 is 2.69 bits per heavy atom. The number of amides is 1. The highest BCUT2D eigenvalue weighted by Crippen LogP contribution is 2.37. The van der Waals surface area contributed by atoms with Gasteiger partial charge in [-0.15, -0.1) is 0 Å². The lowest BCUT2D eigenvalue weighted by Gasteiger charge is -2.25. The fourth-order valence-corrected chi connectivity index (χ4v) is 4.22. The lowest BCUT2D eigenvalue weighted by molar-refractivity contribution is -0.683. The highest BCUT2D eigenvalue weighted by molar-refractivity contribution is 6.30. The zero-order valence-corrected chi connectivity index (χ0v) is 17.5. The van der Waals surface area contributed by atoms with Gasteiger partial charge in [-0.3, -0.25) is 4.79 Å². The summed E-state index contributed by atoms with van der Waals surface area (Å²) in [4.78, 5) is 15.0. The van der Waals surface area contributed by atoms with Crippen molar-refractivity contribution in [3.63, 3.8) is 0 Å². The number of hydrogen-bond donors (Lipinski definition) is 1. The number of ether oxygens (including phenoxy) is 2. The highest BCUT2D eigenvalue weighted by Gasteiger charge is 2.31. The van der Waals surface area contributed by atoms with Gasteiger partial charge < -0.3 is 19.7 Å². The smallest absolute Gasteiger partial charge is 0.278 e. The molecule has 2 aliphatic rings. The van der Waals surface area contributed by atoms with Gasteiger partial charge >= 0.3 is 0 Å². The Kier molecular flexibility index (Phi) is 6.26. The molecule has 0 aliphatic carbocycles. The third-order valence-electron chi connectivity index (χ3n) is 5.77. The molecule has 1 amide bonds. The Labute approximate surface area is 176 Å². The number of fused-ring (bicyclic) bond motifs is 1. The first kappa shape index (κ1) is 20.0. The molecule has 2 aliphatic heterocycles. The van der Waals surface area contributed by atoms with Crippen LogP contribution in [-0.4, -0.2) is 37.1 Å². The first-order chi connectivity index (χ1) is 14.1. The van der Waals surface area contributed by atoms with Crippen LogP contribution in [0.2, 0.25) is 5.02 Å². The Hall–Kier alpha value is -2.24. The van der Waals surface area contributed by atoms with Crippen LogP contribution >= 0.6 is 11.6 Å². The molecular formula is C23H28ClN2O3+. The topological polar surface area (TPSA) is 55.4 Å². The second-order valence-corrected chi connectivity index (χ2v) is 8.22. The SMILES string of the molecule is C[C@@H]([NH2+]CC(=O)N1CCC[C@H]1c1ccc2c(c1)OCCCO2)c1ccc(Cl)cc1. The number of quaternary nitrogens is 1. The fourth-order valence-electron chi connectivity index (χ4n) is 4.10. The summed E-state index contributed by atoms with van der Waals surface area (Å²) in [5, 5.41) is 2.82. The molecule has 0 aromatic heterocycles. The maximum Gasteiger partial charge on any atom is 0.278 e. The van der Waals surface area contributed by atoms with E-state index >= 15 is 0 Å². The number of benzene rings is 2. The lowest BCUT2D eigenvalue weighted by Crippen LogP contribution is -2.87. The number of rotatable bonds is 5. The van der Waals surface area contributed by atoms with Gasteiger partial charge in [-0.1, -0.05) is 29.8 Å². The van der Waals surface area contributed by atoms with Crippen molar-refractivity contribution >= 4 is 17.5 Å². The van der Waals surface area contributed by atoms with Crippen molar-refractivity contribution in [2.45, 2.75) is 38.3 Å². The summed E-state index contributed by atoms with van der Waals surface area (Å²) < 4.78 is 11.6. The van der Waals surface area contributed by atoms with E-state index < -0.39 is 0 Å². The Morgan fingerprint density at radius 1 is 1.14 bits per heavy atom. The van der Waals surface area contributed by atoms with Crippen LogP contribution in [0.15, 0.2) is 42.5 Å². The standard InChI is InChI=1S/C23H27ClN2O3/c1-16(17-5-8-19(24)9-6-17)25-15-23(27)26-11-2-4-20(26)18-7-10-21-22(14-18)29-13-3-12-28-21/h5-10,14,16,20,25H,2-4,11-13,15H2,1H3/p+1/t16-,20+/m1/s1. The average molecular weight is 416 g/mol. The summed E-state index contributed by atoms with van der Waals surface area (Å²) in [5.74, 6) is 1.77. The number of hydrogen-bond acceptors (Lipinski definition) is 3. The first-order valence-electron chi connectivity index (χ1n) is 10.4. The monoisotopic (exact) mass is 415 g/mol. The number of carbonyl (C=O) groups is 1. The van der Waals surface area contributed by atoms with Gasteiger partial charge in [0.05, 0.1) is 19.3 Å². The number of nitrogens with zero attached hydrogens (tertiary/aromatic N) is 1. The molecule has 2 atom stereocenters. The maximum absolute atomic E-state index is 13.0. The molecule has 0 unspecified atom stereocenters. The zero-order valence-electron chi connectivity index (χ0n) is 16.8. The molecule has 2 heterocycles. The zero-order chi connectivity index (χ0) is 20.2. The maximum atomic E-state index is 13.0. The molecule has 6 heteroatoms. The van der Waals surface area contributed by atoms with E-state index in [2.05, 4.69) is 24.4 Å². The van der Waals surface area contributed by atoms with Crippen LogP contribution in [0.1, 0.15) is 49.4 Å². The van der Waals surface area contributed by atoms with E-state index in [4.69, 9.17) is 21.1 Å². The molecular weight excluding hydrogens is 388 g/mol. The van der Waals surface area contributed by atoms with Crippen molar-refractivity contribution in [2.24, 2.45) is 0 Å². The molecule has 5 nitrogen and oxygen atoms in total. The van der Waals surface area contributed by atoms with E-state index in [1.807, 2.05) is 35.2 Å². The molecule has 0 bridgehead atoms. The van der Waals surface area contributed by atoms with Crippen molar-refractivity contribution in [1.29, 1.82) is 0 Å². The van der Waals surface area contributed by atoms with E-state index in [0.29, 0.717) is 19.8 Å². The lowest BCUT2D eigenvalue weighted by atomic mass is 10.0. The summed E-state index contributed by atoms with van der Waals surface area (Å²) in [6.07, 6.45) is 2.90. The van der Waals surface area contributed by atoms with Gasteiger partial charge in [0.1, 0.15) is 6.04 Å². The van der Waals surface area contributed by atoms with Crippen LogP contribution in [0.5, 0.6) is 11.5 Å². The highest BCUT2D eigenvalue weighted by atomic mass is 35.5. The van der Waals surface area contributed by atoms with Gasteiger partial charge in [-0.25, -0.2) is 0 Å². The number of likely N-dealkylation sites (tertiary alicyclic amines) is 1. The van der Waals surface area contributed by atoms with Gasteiger partial charge in [-0.05, 0) is 49.6 Å². The van der Waals surface area contributed by atoms with Crippen LogP contribution in [0.25, 0.3) is 0 Å². The van der Waals surface area contributed by atoms with Gasteiger partial charge in [0.2, 0.25) is 0 Å². The molecule has 0 saturated carbocycles. The minimum absolute atomic E-state index is 0.110. The van der Waals surface area contributed by atoms with E-state index in [1.54, 1.807) is 0 Å². The Balaban J connectivity index is 1.40. The van der Waals surface area contributed by atoms with E-state index in [0.717, 1.165) is 47.9 Å². The third-order valence-corrected chi connectivity index (χ3v) is 6.02. The van der Waals surface area contributed by atoms with Gasteiger partial charge in [0.25, 0.3) is 5.91 Å². The van der Waals surface area contributed by atoms with Gasteiger partial charge in [0.15, 0.2) is 18.0 Å². The summed E-state index contributed by atoms with van der Waals surface area (Å²) in [6, 6.07) is 14.2. The van der Waals surface area contributed by atoms with Crippen LogP contribution in [0, 0.1) is 0 Å². The van der Waals surface area contributed by atoms with Gasteiger partial charge in [-0.2, -0.15) is 0 Å². The third kappa shape index (κ3) is 4.68. The van der Waals surface area contributed by atoms with Crippen LogP contribution < -0.4 is 14.8 Å². The molecule has 1 fully saturated rings. The molecule has 0 radical (unpaired) electrons.